The van der Waals surface area contributed by atoms with Crippen LogP contribution in [0.5, 0.6) is 0 Å². The highest BCUT2D eigenvalue weighted by Crippen LogP contribution is 2.12. The summed E-state index contributed by atoms with van der Waals surface area (Å²) in [5, 5.41) is 11.5. The maximum Gasteiger partial charge on any atom is 0.347 e. The quantitative estimate of drug-likeness (QED) is 0.699. The number of aromatic carboxylic acids is 1. The number of carboxylic acid groups (broad SMARTS) is 1. The minimum atomic E-state index is -0.905. The van der Waals surface area contributed by atoms with Gasteiger partial charge in [-0.05, 0) is 18.6 Å². The fourth-order valence-corrected chi connectivity index (χ4v) is 1.36. The average molecular weight is 172 g/mol. The van der Waals surface area contributed by atoms with Crippen molar-refractivity contribution >= 4 is 17.5 Å². The van der Waals surface area contributed by atoms with Crippen molar-refractivity contribution in [1.29, 1.82) is 0 Å². The van der Waals surface area contributed by atoms with E-state index in [1.165, 1.54) is 0 Å². The van der Waals surface area contributed by atoms with E-state index in [1.54, 1.807) is 13.2 Å². The first-order chi connectivity index (χ1) is 5.25. The van der Waals surface area contributed by atoms with Gasteiger partial charge in [0.2, 0.25) is 0 Å². The third-order valence-corrected chi connectivity index (χ3v) is 2.04. The average Bonchev–Trinajstić information content (AvgIpc) is 2.36. The van der Waals surface area contributed by atoms with Gasteiger partial charge in [-0.3, -0.25) is 0 Å². The highest BCUT2D eigenvalue weighted by atomic mass is 32.1. The molecule has 2 N–H and O–H groups in total. The Kier molecular flexibility index (Phi) is 2.56. The molecule has 11 heavy (non-hydrogen) atoms. The number of rotatable bonds is 3. The molecule has 1 aromatic heterocycles. The molecular weight excluding hydrogens is 164 g/mol. The SMILES string of the molecule is CNCc1cnsc1C(=O)O. The van der Waals surface area contributed by atoms with Crippen molar-refractivity contribution in [2.75, 3.05) is 7.05 Å². The maximum atomic E-state index is 10.5. The molecule has 0 radical (unpaired) electrons. The Bertz CT molecular complexity index is 259. The Labute approximate surface area is 68.0 Å². The molecule has 4 nitrogen and oxygen atoms in total. The fourth-order valence-electron chi connectivity index (χ4n) is 0.753. The lowest BCUT2D eigenvalue weighted by atomic mass is 10.3. The maximum absolute atomic E-state index is 10.5. The van der Waals surface area contributed by atoms with Gasteiger partial charge in [0, 0.05) is 18.3 Å². The number of carboxylic acids is 1. The van der Waals surface area contributed by atoms with E-state index in [1.807, 2.05) is 0 Å². The van der Waals surface area contributed by atoms with Gasteiger partial charge in [-0.1, -0.05) is 0 Å². The van der Waals surface area contributed by atoms with Crippen LogP contribution in [-0.4, -0.2) is 22.5 Å². The van der Waals surface area contributed by atoms with E-state index in [-0.39, 0.29) is 0 Å². The monoisotopic (exact) mass is 172 g/mol. The van der Waals surface area contributed by atoms with Crippen LogP contribution in [0.1, 0.15) is 15.2 Å². The van der Waals surface area contributed by atoms with Crippen molar-refractivity contribution < 1.29 is 9.90 Å². The van der Waals surface area contributed by atoms with Gasteiger partial charge in [0.15, 0.2) is 0 Å². The largest absolute Gasteiger partial charge is 0.477 e. The van der Waals surface area contributed by atoms with Crippen LogP contribution in [0.2, 0.25) is 0 Å². The van der Waals surface area contributed by atoms with Gasteiger partial charge in [-0.15, -0.1) is 0 Å². The van der Waals surface area contributed by atoms with Gasteiger partial charge in [0.1, 0.15) is 4.88 Å². The Morgan fingerprint density at radius 2 is 2.64 bits per heavy atom. The summed E-state index contributed by atoms with van der Waals surface area (Å²) in [5.74, 6) is -0.905. The van der Waals surface area contributed by atoms with E-state index in [4.69, 9.17) is 5.11 Å². The Balaban J connectivity index is 2.87. The molecule has 0 saturated carbocycles. The zero-order valence-corrected chi connectivity index (χ0v) is 6.81. The Morgan fingerprint density at radius 1 is 1.91 bits per heavy atom. The zero-order valence-electron chi connectivity index (χ0n) is 6.00. The molecular formula is C6H8N2O2S. The molecule has 1 aromatic rings. The molecule has 0 aliphatic rings. The summed E-state index contributed by atoms with van der Waals surface area (Å²) in [6.07, 6.45) is 1.57. The van der Waals surface area contributed by atoms with Gasteiger partial charge >= 0.3 is 5.97 Å². The summed E-state index contributed by atoms with van der Waals surface area (Å²) in [6.45, 7) is 0.554. The minimum absolute atomic E-state index is 0.319. The summed E-state index contributed by atoms with van der Waals surface area (Å²) in [7, 11) is 1.77. The third kappa shape index (κ3) is 1.75. The molecule has 0 spiro atoms. The molecule has 5 heteroatoms. The van der Waals surface area contributed by atoms with Crippen molar-refractivity contribution in [3.8, 4) is 0 Å². The third-order valence-electron chi connectivity index (χ3n) is 1.21. The van der Waals surface area contributed by atoms with Gasteiger partial charge in [-0.25, -0.2) is 4.79 Å². The predicted molar refractivity (Wildman–Crippen MR) is 41.8 cm³/mol. The van der Waals surface area contributed by atoms with Crippen LogP contribution < -0.4 is 5.32 Å². The van der Waals surface area contributed by atoms with Crippen molar-refractivity contribution in [2.45, 2.75) is 6.54 Å². The van der Waals surface area contributed by atoms with Crippen LogP contribution in [0.3, 0.4) is 0 Å². The van der Waals surface area contributed by atoms with Gasteiger partial charge in [-0.2, -0.15) is 4.37 Å². The molecule has 0 aliphatic heterocycles. The van der Waals surface area contributed by atoms with Gasteiger partial charge < -0.3 is 10.4 Å². The molecule has 60 valence electrons. The number of hydrogen-bond acceptors (Lipinski definition) is 4. The minimum Gasteiger partial charge on any atom is -0.477 e. The van der Waals surface area contributed by atoms with Crippen LogP contribution >= 0.6 is 11.5 Å². The molecule has 0 fully saturated rings. The predicted octanol–water partition coefficient (Wildman–Crippen LogP) is 0.561. The topological polar surface area (TPSA) is 62.2 Å². The lowest BCUT2D eigenvalue weighted by molar-refractivity contribution is 0.0701. The molecule has 0 amide bonds. The van der Waals surface area contributed by atoms with Crippen LogP contribution in [0.4, 0.5) is 0 Å². The lowest BCUT2D eigenvalue weighted by Crippen LogP contribution is -2.07. The number of carbonyl (C=O) groups is 1. The van der Waals surface area contributed by atoms with E-state index in [9.17, 15) is 4.79 Å². The van der Waals surface area contributed by atoms with Crippen molar-refractivity contribution in [2.24, 2.45) is 0 Å². The van der Waals surface area contributed by atoms with Gasteiger partial charge in [0.25, 0.3) is 0 Å². The van der Waals surface area contributed by atoms with Crippen molar-refractivity contribution in [1.82, 2.24) is 9.69 Å². The lowest BCUT2D eigenvalue weighted by Gasteiger charge is -1.94. The van der Waals surface area contributed by atoms with E-state index in [2.05, 4.69) is 9.69 Å². The first-order valence-electron chi connectivity index (χ1n) is 3.07. The van der Waals surface area contributed by atoms with E-state index >= 15 is 0 Å². The molecule has 0 saturated heterocycles. The molecule has 0 unspecified atom stereocenters. The number of nitrogens with one attached hydrogen (secondary N) is 1. The van der Waals surface area contributed by atoms with Crippen molar-refractivity contribution in [3.05, 3.63) is 16.6 Å². The van der Waals surface area contributed by atoms with E-state index < -0.39 is 5.97 Å². The number of aromatic nitrogens is 1. The first kappa shape index (κ1) is 8.16. The standard InChI is InChI=1S/C6H8N2O2S/c1-7-2-4-3-8-11-5(4)6(9)10/h3,7H,2H2,1H3,(H,9,10). The summed E-state index contributed by atoms with van der Waals surface area (Å²) < 4.78 is 3.78. The van der Waals surface area contributed by atoms with Crippen LogP contribution in [0.15, 0.2) is 6.20 Å². The highest BCUT2D eigenvalue weighted by molar-refractivity contribution is 7.08. The second kappa shape index (κ2) is 3.45. The van der Waals surface area contributed by atoms with Crippen molar-refractivity contribution in [3.63, 3.8) is 0 Å². The molecule has 0 bridgehead atoms. The molecule has 0 atom stereocenters. The Morgan fingerprint density at radius 3 is 3.18 bits per heavy atom. The summed E-state index contributed by atoms with van der Waals surface area (Å²) in [5.41, 5.74) is 0.741. The second-order valence-electron chi connectivity index (χ2n) is 2.02. The van der Waals surface area contributed by atoms with Crippen LogP contribution in [0, 0.1) is 0 Å². The zero-order chi connectivity index (χ0) is 8.27. The first-order valence-corrected chi connectivity index (χ1v) is 3.84. The second-order valence-corrected chi connectivity index (χ2v) is 2.82. The summed E-state index contributed by atoms with van der Waals surface area (Å²) in [6, 6.07) is 0. The van der Waals surface area contributed by atoms with Crippen LogP contribution in [0.25, 0.3) is 0 Å². The fraction of sp³-hybridized carbons (Fsp3) is 0.333. The van der Waals surface area contributed by atoms with E-state index in [0.29, 0.717) is 11.4 Å². The number of nitrogens with zero attached hydrogens (tertiary/aromatic N) is 1. The van der Waals surface area contributed by atoms with Gasteiger partial charge in [0.05, 0.1) is 0 Å². The normalized spacial score (nSPS) is 9.91. The molecule has 0 aromatic carbocycles. The smallest absolute Gasteiger partial charge is 0.347 e. The summed E-state index contributed by atoms with van der Waals surface area (Å²) in [4.78, 5) is 10.8. The highest BCUT2D eigenvalue weighted by Gasteiger charge is 2.11. The van der Waals surface area contributed by atoms with E-state index in [0.717, 1.165) is 17.1 Å². The molecule has 1 heterocycles. The molecule has 1 rings (SSSR count). The Hall–Kier alpha value is -0.940. The number of hydrogen-bond donors (Lipinski definition) is 2. The summed E-state index contributed by atoms with van der Waals surface area (Å²) >= 11 is 1.01. The molecule has 0 aliphatic carbocycles. The van der Waals surface area contributed by atoms with Crippen LogP contribution in [-0.2, 0) is 6.54 Å².